The van der Waals surface area contributed by atoms with Gasteiger partial charge in [-0.05, 0) is 37.0 Å². The summed E-state index contributed by atoms with van der Waals surface area (Å²) >= 11 is 0. The lowest BCUT2D eigenvalue weighted by molar-refractivity contribution is 0.0138. The average Bonchev–Trinajstić information content (AvgIpc) is 2.63. The van der Waals surface area contributed by atoms with E-state index in [0.29, 0.717) is 0 Å². The van der Waals surface area contributed by atoms with E-state index in [9.17, 15) is 14.7 Å². The Bertz CT molecular complexity index is 723. The number of carboxylic acid groups (broad SMARTS) is 1. The van der Waals surface area contributed by atoms with Crippen LogP contribution in [0.5, 0.6) is 0 Å². The van der Waals surface area contributed by atoms with Crippen LogP contribution in [0, 0.1) is 0 Å². The third-order valence-electron chi connectivity index (χ3n) is 4.57. The number of benzene rings is 2. The molecule has 0 aromatic heterocycles. The molecule has 3 rings (SSSR count). The Hall–Kier alpha value is -2.62. The molecule has 1 fully saturated rings. The third kappa shape index (κ3) is 3.48. The molecule has 0 radical (unpaired) electrons. The van der Waals surface area contributed by atoms with Crippen molar-refractivity contribution in [2.75, 3.05) is 0 Å². The largest absolute Gasteiger partial charge is 0.478 e. The van der Waals surface area contributed by atoms with Gasteiger partial charge in [0.2, 0.25) is 0 Å². The lowest BCUT2D eigenvalue weighted by Crippen LogP contribution is -2.29. The summed E-state index contributed by atoms with van der Waals surface area (Å²) in [4.78, 5) is 23.8. The molecule has 0 saturated heterocycles. The van der Waals surface area contributed by atoms with E-state index < -0.39 is 11.9 Å². The van der Waals surface area contributed by atoms with Crippen molar-refractivity contribution in [3.8, 4) is 0 Å². The first-order chi connectivity index (χ1) is 11.7. The van der Waals surface area contributed by atoms with Gasteiger partial charge in [0.1, 0.15) is 6.10 Å². The van der Waals surface area contributed by atoms with Gasteiger partial charge < -0.3 is 9.84 Å². The van der Waals surface area contributed by atoms with Gasteiger partial charge in [-0.1, -0.05) is 48.9 Å². The van der Waals surface area contributed by atoms with E-state index in [0.717, 1.165) is 25.7 Å². The van der Waals surface area contributed by atoms with Crippen molar-refractivity contribution >= 4 is 11.9 Å². The van der Waals surface area contributed by atoms with Crippen LogP contribution in [0.1, 0.15) is 57.9 Å². The first-order valence-corrected chi connectivity index (χ1v) is 8.25. The summed E-state index contributed by atoms with van der Waals surface area (Å²) in [5, 5.41) is 9.24. The number of hydrogen-bond acceptors (Lipinski definition) is 3. The maximum Gasteiger partial charge on any atom is 0.339 e. The van der Waals surface area contributed by atoms with Crippen molar-refractivity contribution in [2.45, 2.75) is 37.7 Å². The summed E-state index contributed by atoms with van der Waals surface area (Å²) in [6.07, 6.45) is 3.69. The monoisotopic (exact) mass is 324 g/mol. The van der Waals surface area contributed by atoms with Gasteiger partial charge >= 0.3 is 11.9 Å². The fourth-order valence-electron chi connectivity index (χ4n) is 3.37. The number of rotatable bonds is 4. The van der Waals surface area contributed by atoms with Crippen molar-refractivity contribution in [3.05, 3.63) is 71.3 Å². The molecule has 24 heavy (non-hydrogen) atoms. The van der Waals surface area contributed by atoms with Crippen LogP contribution in [-0.4, -0.2) is 23.1 Å². The highest BCUT2D eigenvalue weighted by molar-refractivity contribution is 6.02. The minimum absolute atomic E-state index is 0.0189. The summed E-state index contributed by atoms with van der Waals surface area (Å²) in [7, 11) is 0. The topological polar surface area (TPSA) is 63.6 Å². The molecule has 124 valence electrons. The van der Waals surface area contributed by atoms with Crippen LogP contribution in [0.2, 0.25) is 0 Å². The van der Waals surface area contributed by atoms with Crippen molar-refractivity contribution in [3.63, 3.8) is 0 Å². The van der Waals surface area contributed by atoms with Gasteiger partial charge in [-0.2, -0.15) is 0 Å². The molecule has 0 heterocycles. The van der Waals surface area contributed by atoms with Gasteiger partial charge in [-0.3, -0.25) is 0 Å². The summed E-state index contributed by atoms with van der Waals surface area (Å²) in [6, 6.07) is 16.2. The molecule has 1 aliphatic rings. The second kappa shape index (κ2) is 7.30. The number of carboxylic acids is 1. The van der Waals surface area contributed by atoms with Crippen LogP contribution in [-0.2, 0) is 4.74 Å². The molecule has 2 aromatic rings. The van der Waals surface area contributed by atoms with Crippen LogP contribution in [0.4, 0.5) is 0 Å². The molecule has 2 aromatic carbocycles. The van der Waals surface area contributed by atoms with Crippen molar-refractivity contribution < 1.29 is 19.4 Å². The zero-order valence-electron chi connectivity index (χ0n) is 13.4. The molecule has 4 heteroatoms. The highest BCUT2D eigenvalue weighted by Crippen LogP contribution is 2.35. The van der Waals surface area contributed by atoms with Crippen molar-refractivity contribution in [1.29, 1.82) is 0 Å². The number of aromatic carboxylic acids is 1. The maximum absolute atomic E-state index is 12.5. The standard InChI is InChI=1S/C20H20O4/c21-19(22)16-11-4-5-12-17(16)20(23)24-18-13-7-6-10-15(18)14-8-2-1-3-9-14/h1-5,8-9,11-12,15,18H,6-7,10,13H2,(H,21,22). The van der Waals surface area contributed by atoms with Gasteiger partial charge in [0.05, 0.1) is 11.1 Å². The van der Waals surface area contributed by atoms with E-state index in [4.69, 9.17) is 4.74 Å². The Kier molecular flexibility index (Phi) is 4.94. The quantitative estimate of drug-likeness (QED) is 0.853. The van der Waals surface area contributed by atoms with E-state index in [1.165, 1.54) is 17.7 Å². The molecule has 0 bridgehead atoms. The van der Waals surface area contributed by atoms with E-state index in [1.807, 2.05) is 18.2 Å². The van der Waals surface area contributed by atoms with E-state index in [1.54, 1.807) is 12.1 Å². The molecule has 1 aliphatic carbocycles. The zero-order chi connectivity index (χ0) is 16.9. The molecule has 0 aliphatic heterocycles. The molecular weight excluding hydrogens is 304 g/mol. The number of ether oxygens (including phenoxy) is 1. The zero-order valence-corrected chi connectivity index (χ0v) is 13.4. The van der Waals surface area contributed by atoms with E-state index >= 15 is 0 Å². The highest BCUT2D eigenvalue weighted by Gasteiger charge is 2.30. The molecule has 4 nitrogen and oxygen atoms in total. The van der Waals surface area contributed by atoms with E-state index in [-0.39, 0.29) is 23.1 Å². The molecular formula is C20H20O4. The molecule has 0 amide bonds. The molecule has 1 N–H and O–H groups in total. The molecule has 1 saturated carbocycles. The fraction of sp³-hybridized carbons (Fsp3) is 0.300. The van der Waals surface area contributed by atoms with Crippen LogP contribution in [0.25, 0.3) is 0 Å². The van der Waals surface area contributed by atoms with Gasteiger partial charge in [0.15, 0.2) is 0 Å². The maximum atomic E-state index is 12.5. The Morgan fingerprint density at radius 2 is 1.50 bits per heavy atom. The lowest BCUT2D eigenvalue weighted by atomic mass is 9.81. The number of carbonyl (C=O) groups is 2. The number of esters is 1. The molecule has 2 unspecified atom stereocenters. The van der Waals surface area contributed by atoms with Crippen LogP contribution >= 0.6 is 0 Å². The fourth-order valence-corrected chi connectivity index (χ4v) is 3.37. The smallest absolute Gasteiger partial charge is 0.339 e. The SMILES string of the molecule is O=C(O)c1ccccc1C(=O)OC1CCCCC1c1ccccc1. The Labute approximate surface area is 141 Å². The Morgan fingerprint density at radius 1 is 0.875 bits per heavy atom. The minimum Gasteiger partial charge on any atom is -0.478 e. The lowest BCUT2D eigenvalue weighted by Gasteiger charge is -2.31. The van der Waals surface area contributed by atoms with Crippen molar-refractivity contribution in [1.82, 2.24) is 0 Å². The Morgan fingerprint density at radius 3 is 2.21 bits per heavy atom. The first kappa shape index (κ1) is 16.2. The van der Waals surface area contributed by atoms with Crippen LogP contribution in [0.3, 0.4) is 0 Å². The summed E-state index contributed by atoms with van der Waals surface area (Å²) < 4.78 is 5.73. The summed E-state index contributed by atoms with van der Waals surface area (Å²) in [6.45, 7) is 0. The molecule has 2 atom stereocenters. The van der Waals surface area contributed by atoms with E-state index in [2.05, 4.69) is 12.1 Å². The summed E-state index contributed by atoms with van der Waals surface area (Å²) in [5.74, 6) is -1.51. The minimum atomic E-state index is -1.12. The first-order valence-electron chi connectivity index (χ1n) is 8.25. The second-order valence-corrected chi connectivity index (χ2v) is 6.10. The number of hydrogen-bond donors (Lipinski definition) is 1. The van der Waals surface area contributed by atoms with Gasteiger partial charge in [-0.15, -0.1) is 0 Å². The number of carbonyl (C=O) groups excluding carboxylic acids is 1. The third-order valence-corrected chi connectivity index (χ3v) is 4.57. The van der Waals surface area contributed by atoms with Crippen molar-refractivity contribution in [2.24, 2.45) is 0 Å². The predicted molar refractivity (Wildman–Crippen MR) is 90.3 cm³/mol. The highest BCUT2D eigenvalue weighted by atomic mass is 16.5. The van der Waals surface area contributed by atoms with Gasteiger partial charge in [0, 0.05) is 5.92 Å². The van der Waals surface area contributed by atoms with Crippen LogP contribution < -0.4 is 0 Å². The van der Waals surface area contributed by atoms with Crippen LogP contribution in [0.15, 0.2) is 54.6 Å². The predicted octanol–water partition coefficient (Wildman–Crippen LogP) is 4.27. The normalized spacial score (nSPS) is 20.3. The molecule has 0 spiro atoms. The van der Waals surface area contributed by atoms with Gasteiger partial charge in [-0.25, -0.2) is 9.59 Å². The second-order valence-electron chi connectivity index (χ2n) is 6.10. The van der Waals surface area contributed by atoms with Gasteiger partial charge in [0.25, 0.3) is 0 Å². The summed E-state index contributed by atoms with van der Waals surface area (Å²) in [5.41, 5.74) is 1.26. The Balaban J connectivity index is 1.81. The average molecular weight is 324 g/mol.